The third-order valence-corrected chi connectivity index (χ3v) is 4.66. The fraction of sp³-hybridized carbons (Fsp3) is 0.389. The van der Waals surface area contributed by atoms with E-state index in [4.69, 9.17) is 9.47 Å². The van der Waals surface area contributed by atoms with Crippen molar-refractivity contribution in [2.24, 2.45) is 0 Å². The molecular weight excluding hydrogens is 318 g/mol. The van der Waals surface area contributed by atoms with Crippen LogP contribution in [-0.4, -0.2) is 40.5 Å². The van der Waals surface area contributed by atoms with Gasteiger partial charge in [-0.3, -0.25) is 4.68 Å². The molecule has 0 amide bonds. The van der Waals surface area contributed by atoms with E-state index in [9.17, 15) is 0 Å². The van der Waals surface area contributed by atoms with E-state index in [0.717, 1.165) is 48.5 Å². The molecule has 0 saturated heterocycles. The molecule has 0 fully saturated rings. The highest BCUT2D eigenvalue weighted by Gasteiger charge is 2.23. The normalized spacial score (nSPS) is 13.8. The minimum atomic E-state index is 0.669. The van der Waals surface area contributed by atoms with Crippen LogP contribution in [-0.2, 0) is 19.5 Å². The zero-order valence-corrected chi connectivity index (χ0v) is 14.7. The molecule has 1 aromatic carbocycles. The number of hydrogen-bond acceptors (Lipinski definition) is 6. The van der Waals surface area contributed by atoms with Gasteiger partial charge in [-0.25, -0.2) is 9.97 Å². The largest absolute Gasteiger partial charge is 0.493 e. The molecule has 0 spiro atoms. The minimum Gasteiger partial charge on any atom is -0.493 e. The molecule has 25 heavy (non-hydrogen) atoms. The Kier molecular flexibility index (Phi) is 3.91. The van der Waals surface area contributed by atoms with Crippen molar-refractivity contribution in [1.82, 2.24) is 19.7 Å². The fourth-order valence-corrected chi connectivity index (χ4v) is 3.32. The molecule has 0 aliphatic carbocycles. The van der Waals surface area contributed by atoms with E-state index in [0.29, 0.717) is 11.5 Å². The molecule has 3 heterocycles. The van der Waals surface area contributed by atoms with Crippen molar-refractivity contribution in [3.8, 4) is 11.5 Å². The maximum Gasteiger partial charge on any atom is 0.162 e. The summed E-state index contributed by atoms with van der Waals surface area (Å²) in [5, 5.41) is 5.63. The molecule has 130 valence electrons. The Labute approximate surface area is 146 Å². The van der Waals surface area contributed by atoms with Crippen LogP contribution in [0.3, 0.4) is 0 Å². The van der Waals surface area contributed by atoms with Crippen molar-refractivity contribution >= 4 is 16.7 Å². The highest BCUT2D eigenvalue weighted by molar-refractivity contribution is 5.92. The Morgan fingerprint density at radius 1 is 1.12 bits per heavy atom. The van der Waals surface area contributed by atoms with Crippen molar-refractivity contribution in [3.05, 3.63) is 35.9 Å². The van der Waals surface area contributed by atoms with Gasteiger partial charge in [0.05, 0.1) is 32.0 Å². The first-order valence-electron chi connectivity index (χ1n) is 8.40. The van der Waals surface area contributed by atoms with Crippen LogP contribution in [0.4, 0.5) is 5.82 Å². The smallest absolute Gasteiger partial charge is 0.162 e. The zero-order chi connectivity index (χ0) is 17.4. The topological polar surface area (TPSA) is 65.3 Å². The summed E-state index contributed by atoms with van der Waals surface area (Å²) in [6.07, 6.45) is 4.72. The van der Waals surface area contributed by atoms with Crippen LogP contribution in [0.15, 0.2) is 24.7 Å². The predicted octanol–water partition coefficient (Wildman–Crippen LogP) is 2.43. The van der Waals surface area contributed by atoms with Crippen molar-refractivity contribution < 1.29 is 9.47 Å². The van der Waals surface area contributed by atoms with Gasteiger partial charge in [0.25, 0.3) is 0 Å². The summed E-state index contributed by atoms with van der Waals surface area (Å²) in [6, 6.07) is 3.84. The van der Waals surface area contributed by atoms with Gasteiger partial charge in [-0.05, 0) is 25.0 Å². The summed E-state index contributed by atoms with van der Waals surface area (Å²) in [4.78, 5) is 11.2. The van der Waals surface area contributed by atoms with Crippen molar-refractivity contribution in [1.29, 1.82) is 0 Å². The molecule has 4 rings (SSSR count). The quantitative estimate of drug-likeness (QED) is 0.727. The number of aromatic nitrogens is 4. The van der Waals surface area contributed by atoms with Crippen LogP contribution in [0.25, 0.3) is 10.9 Å². The fourth-order valence-electron chi connectivity index (χ4n) is 3.32. The summed E-state index contributed by atoms with van der Waals surface area (Å²) in [5.74, 6) is 2.25. The lowest BCUT2D eigenvalue weighted by molar-refractivity contribution is 0.356. The second-order valence-corrected chi connectivity index (χ2v) is 6.05. The van der Waals surface area contributed by atoms with Gasteiger partial charge in [0.1, 0.15) is 12.1 Å². The highest BCUT2D eigenvalue weighted by Crippen LogP contribution is 2.35. The number of ether oxygens (including phenoxy) is 2. The van der Waals surface area contributed by atoms with Gasteiger partial charge in [-0.2, -0.15) is 5.10 Å². The van der Waals surface area contributed by atoms with E-state index >= 15 is 0 Å². The first kappa shape index (κ1) is 15.7. The number of methoxy groups -OCH3 is 2. The van der Waals surface area contributed by atoms with Gasteiger partial charge >= 0.3 is 0 Å². The van der Waals surface area contributed by atoms with Gasteiger partial charge in [0.15, 0.2) is 11.5 Å². The van der Waals surface area contributed by atoms with Crippen LogP contribution in [0, 0.1) is 0 Å². The number of nitrogens with zero attached hydrogens (tertiary/aromatic N) is 5. The summed E-state index contributed by atoms with van der Waals surface area (Å²) in [5.41, 5.74) is 3.29. The zero-order valence-electron chi connectivity index (χ0n) is 14.7. The molecule has 3 aromatic rings. The first-order chi connectivity index (χ1) is 12.2. The number of rotatable bonds is 4. The van der Waals surface area contributed by atoms with Crippen LogP contribution in [0.1, 0.15) is 18.2 Å². The highest BCUT2D eigenvalue weighted by atomic mass is 16.5. The van der Waals surface area contributed by atoms with E-state index in [1.54, 1.807) is 20.5 Å². The Balaban J connectivity index is 1.76. The second-order valence-electron chi connectivity index (χ2n) is 6.05. The van der Waals surface area contributed by atoms with E-state index in [1.165, 1.54) is 5.56 Å². The molecule has 2 aromatic heterocycles. The molecule has 1 aliphatic rings. The number of aryl methyl sites for hydroxylation is 1. The third kappa shape index (κ3) is 2.65. The second kappa shape index (κ2) is 6.23. The number of hydrogen-bond donors (Lipinski definition) is 0. The van der Waals surface area contributed by atoms with Crippen molar-refractivity contribution in [2.75, 3.05) is 25.7 Å². The number of anilines is 1. The van der Waals surface area contributed by atoms with E-state index in [-0.39, 0.29) is 0 Å². The lowest BCUT2D eigenvalue weighted by Crippen LogP contribution is -2.31. The molecule has 7 nitrogen and oxygen atoms in total. The predicted molar refractivity (Wildman–Crippen MR) is 95.3 cm³/mol. The third-order valence-electron chi connectivity index (χ3n) is 4.66. The maximum absolute atomic E-state index is 5.45. The minimum absolute atomic E-state index is 0.669. The Hall–Kier alpha value is -2.83. The maximum atomic E-state index is 5.45. The molecule has 0 N–H and O–H groups in total. The van der Waals surface area contributed by atoms with Crippen LogP contribution in [0.5, 0.6) is 11.5 Å². The molecule has 1 aliphatic heterocycles. The van der Waals surface area contributed by atoms with Gasteiger partial charge in [-0.1, -0.05) is 0 Å². The molecule has 0 radical (unpaired) electrons. The molecule has 0 atom stereocenters. The number of benzene rings is 1. The lowest BCUT2D eigenvalue weighted by atomic mass is 10.1. The SMILES string of the molecule is CCn1cc2c(n1)CN(c1ncnc3cc(OC)c(OC)cc13)CC2. The van der Waals surface area contributed by atoms with Gasteiger partial charge in [0, 0.05) is 30.7 Å². The van der Waals surface area contributed by atoms with Gasteiger partial charge < -0.3 is 14.4 Å². The molecule has 0 unspecified atom stereocenters. The van der Waals surface area contributed by atoms with Gasteiger partial charge in [0.2, 0.25) is 0 Å². The van der Waals surface area contributed by atoms with E-state index in [2.05, 4.69) is 33.1 Å². The summed E-state index contributed by atoms with van der Waals surface area (Å²) in [6.45, 7) is 4.65. The van der Waals surface area contributed by atoms with E-state index in [1.807, 2.05) is 16.8 Å². The van der Waals surface area contributed by atoms with Crippen LogP contribution >= 0.6 is 0 Å². The summed E-state index contributed by atoms with van der Waals surface area (Å²) >= 11 is 0. The average Bonchev–Trinajstić information content (AvgIpc) is 3.08. The van der Waals surface area contributed by atoms with Gasteiger partial charge in [-0.15, -0.1) is 0 Å². The average molecular weight is 339 g/mol. The summed E-state index contributed by atoms with van der Waals surface area (Å²) < 4.78 is 12.8. The Morgan fingerprint density at radius 2 is 1.92 bits per heavy atom. The molecular formula is C18H21N5O2. The van der Waals surface area contributed by atoms with E-state index < -0.39 is 0 Å². The Morgan fingerprint density at radius 3 is 2.68 bits per heavy atom. The monoisotopic (exact) mass is 339 g/mol. The van der Waals surface area contributed by atoms with Crippen LogP contribution in [0.2, 0.25) is 0 Å². The first-order valence-corrected chi connectivity index (χ1v) is 8.40. The molecule has 0 bridgehead atoms. The van der Waals surface area contributed by atoms with Crippen molar-refractivity contribution in [3.63, 3.8) is 0 Å². The number of fused-ring (bicyclic) bond motifs is 2. The standard InChI is InChI=1S/C18H21N5O2/c1-4-23-9-12-5-6-22(10-15(12)21-23)18-13-7-16(24-2)17(25-3)8-14(13)19-11-20-18/h7-9,11H,4-6,10H2,1-3H3. The molecule has 7 heteroatoms. The molecule has 0 saturated carbocycles. The lowest BCUT2D eigenvalue weighted by Gasteiger charge is -2.28. The Bertz CT molecular complexity index is 921. The van der Waals surface area contributed by atoms with Crippen LogP contribution < -0.4 is 14.4 Å². The summed E-state index contributed by atoms with van der Waals surface area (Å²) in [7, 11) is 3.26. The van der Waals surface area contributed by atoms with Crippen molar-refractivity contribution in [2.45, 2.75) is 26.4 Å².